The molecule has 0 unspecified atom stereocenters. The van der Waals surface area contributed by atoms with E-state index in [4.69, 9.17) is 11.6 Å². The summed E-state index contributed by atoms with van der Waals surface area (Å²) in [6.07, 6.45) is 0. The van der Waals surface area contributed by atoms with Gasteiger partial charge in [-0.3, -0.25) is 0 Å². The highest BCUT2D eigenvalue weighted by Gasteiger charge is 2.10. The van der Waals surface area contributed by atoms with E-state index >= 15 is 0 Å². The van der Waals surface area contributed by atoms with Crippen molar-refractivity contribution < 1.29 is 5.11 Å². The van der Waals surface area contributed by atoms with Gasteiger partial charge in [0.1, 0.15) is 0 Å². The van der Waals surface area contributed by atoms with Gasteiger partial charge in [-0.2, -0.15) is 0 Å². The maximum absolute atomic E-state index is 9.47. The lowest BCUT2D eigenvalue weighted by Crippen LogP contribution is -2.24. The molecule has 100 valence electrons. The van der Waals surface area contributed by atoms with E-state index in [1.165, 1.54) is 0 Å². The van der Waals surface area contributed by atoms with Crippen LogP contribution in [0.3, 0.4) is 0 Å². The summed E-state index contributed by atoms with van der Waals surface area (Å²) in [4.78, 5) is 0. The van der Waals surface area contributed by atoms with E-state index in [-0.39, 0.29) is 12.6 Å². The Morgan fingerprint density at radius 2 is 1.89 bits per heavy atom. The topological polar surface area (TPSA) is 32.3 Å². The van der Waals surface area contributed by atoms with E-state index in [1.54, 1.807) is 0 Å². The van der Waals surface area contributed by atoms with Crippen LogP contribution in [0.15, 0.2) is 53.0 Å². The van der Waals surface area contributed by atoms with E-state index in [0.29, 0.717) is 11.6 Å². The van der Waals surface area contributed by atoms with E-state index in [1.807, 2.05) is 48.5 Å². The first-order valence-electron chi connectivity index (χ1n) is 6.04. The van der Waals surface area contributed by atoms with E-state index in [2.05, 4.69) is 21.2 Å². The van der Waals surface area contributed by atoms with Crippen molar-refractivity contribution in [1.82, 2.24) is 5.32 Å². The zero-order valence-corrected chi connectivity index (χ0v) is 12.7. The second-order valence-electron chi connectivity index (χ2n) is 4.26. The molecular weight excluding hydrogens is 326 g/mol. The summed E-state index contributed by atoms with van der Waals surface area (Å²) in [5.41, 5.74) is 2.08. The van der Waals surface area contributed by atoms with Gasteiger partial charge in [-0.15, -0.1) is 0 Å². The van der Waals surface area contributed by atoms with Gasteiger partial charge >= 0.3 is 0 Å². The van der Waals surface area contributed by atoms with Crippen LogP contribution in [0, 0.1) is 0 Å². The van der Waals surface area contributed by atoms with Gasteiger partial charge in [0, 0.05) is 16.0 Å². The Bertz CT molecular complexity index is 533. The summed E-state index contributed by atoms with van der Waals surface area (Å²) < 4.78 is 0.961. The molecule has 0 aliphatic heterocycles. The lowest BCUT2D eigenvalue weighted by Gasteiger charge is -2.17. The predicted molar refractivity (Wildman–Crippen MR) is 82.3 cm³/mol. The Morgan fingerprint density at radius 1 is 1.16 bits per heavy atom. The molecule has 2 aromatic carbocycles. The average Bonchev–Trinajstić information content (AvgIpc) is 2.43. The lowest BCUT2D eigenvalue weighted by atomic mass is 10.1. The quantitative estimate of drug-likeness (QED) is 0.864. The minimum absolute atomic E-state index is 0.0537. The maximum atomic E-state index is 9.47. The van der Waals surface area contributed by atoms with Gasteiger partial charge in [0.25, 0.3) is 0 Å². The van der Waals surface area contributed by atoms with Crippen LogP contribution in [0.2, 0.25) is 5.02 Å². The molecule has 0 aromatic heterocycles. The molecule has 0 aliphatic rings. The monoisotopic (exact) mass is 339 g/mol. The first-order chi connectivity index (χ1) is 9.20. The molecule has 0 radical (unpaired) electrons. The Morgan fingerprint density at radius 3 is 2.53 bits per heavy atom. The van der Waals surface area contributed by atoms with Crippen molar-refractivity contribution in [1.29, 1.82) is 0 Å². The number of benzene rings is 2. The fourth-order valence-electron chi connectivity index (χ4n) is 1.87. The fraction of sp³-hybridized carbons (Fsp3) is 0.200. The second kappa shape index (κ2) is 7.06. The molecule has 0 heterocycles. The number of aliphatic hydroxyl groups excluding tert-OH is 1. The van der Waals surface area contributed by atoms with Gasteiger partial charge in [0.05, 0.1) is 12.6 Å². The van der Waals surface area contributed by atoms with Gasteiger partial charge in [0.15, 0.2) is 0 Å². The summed E-state index contributed by atoms with van der Waals surface area (Å²) in [5.74, 6) is 0. The van der Waals surface area contributed by atoms with Crippen molar-refractivity contribution in [2.24, 2.45) is 0 Å². The molecule has 0 amide bonds. The maximum Gasteiger partial charge on any atom is 0.0626 e. The lowest BCUT2D eigenvalue weighted by molar-refractivity contribution is 0.243. The van der Waals surface area contributed by atoms with Crippen molar-refractivity contribution in [3.8, 4) is 0 Å². The molecule has 0 bridgehead atoms. The molecule has 2 rings (SSSR count). The molecule has 0 fully saturated rings. The van der Waals surface area contributed by atoms with Crippen LogP contribution in [0.25, 0.3) is 0 Å². The largest absolute Gasteiger partial charge is 0.394 e. The highest BCUT2D eigenvalue weighted by molar-refractivity contribution is 9.10. The molecule has 4 heteroatoms. The van der Waals surface area contributed by atoms with Crippen molar-refractivity contribution in [2.75, 3.05) is 6.61 Å². The number of rotatable bonds is 5. The van der Waals surface area contributed by atoms with E-state index in [9.17, 15) is 5.11 Å². The average molecular weight is 341 g/mol. The van der Waals surface area contributed by atoms with Crippen molar-refractivity contribution >= 4 is 27.5 Å². The summed E-state index contributed by atoms with van der Waals surface area (Å²) in [6, 6.07) is 15.6. The Balaban J connectivity index is 2.04. The highest BCUT2D eigenvalue weighted by Crippen LogP contribution is 2.22. The smallest absolute Gasteiger partial charge is 0.0626 e. The third-order valence-electron chi connectivity index (χ3n) is 2.94. The third-order valence-corrected chi connectivity index (χ3v) is 3.78. The van der Waals surface area contributed by atoms with Crippen LogP contribution < -0.4 is 5.32 Å². The third kappa shape index (κ3) is 4.05. The van der Waals surface area contributed by atoms with Crippen LogP contribution in [-0.2, 0) is 6.54 Å². The first kappa shape index (κ1) is 14.5. The molecule has 0 saturated carbocycles. The molecule has 0 spiro atoms. The Hall–Kier alpha value is -0.870. The minimum atomic E-state index is -0.0825. The fourth-order valence-corrected chi connectivity index (χ4v) is 2.61. The van der Waals surface area contributed by atoms with Gasteiger partial charge in [-0.05, 0) is 23.3 Å². The van der Waals surface area contributed by atoms with Crippen molar-refractivity contribution in [3.05, 3.63) is 69.2 Å². The number of aliphatic hydroxyl groups is 1. The normalized spacial score (nSPS) is 12.4. The second-order valence-corrected chi connectivity index (χ2v) is 5.59. The number of hydrogen-bond donors (Lipinski definition) is 2. The molecule has 19 heavy (non-hydrogen) atoms. The molecule has 2 N–H and O–H groups in total. The Labute approximate surface area is 126 Å². The van der Waals surface area contributed by atoms with Gasteiger partial charge in [-0.25, -0.2) is 0 Å². The standard InChI is InChI=1S/C15H15BrClNO/c16-13-7-6-12(14(17)8-13)9-18-15(10-19)11-4-2-1-3-5-11/h1-8,15,18-19H,9-10H2/t15-/m0/s1. The van der Waals surface area contributed by atoms with Crippen LogP contribution in [0.4, 0.5) is 0 Å². The molecule has 0 aliphatic carbocycles. The number of halogens is 2. The number of nitrogens with one attached hydrogen (secondary N) is 1. The number of hydrogen-bond acceptors (Lipinski definition) is 2. The van der Waals surface area contributed by atoms with Gasteiger partial charge < -0.3 is 10.4 Å². The van der Waals surface area contributed by atoms with Gasteiger partial charge in [0.2, 0.25) is 0 Å². The summed E-state index contributed by atoms with van der Waals surface area (Å²) in [6.45, 7) is 0.671. The van der Waals surface area contributed by atoms with E-state index in [0.717, 1.165) is 15.6 Å². The predicted octanol–water partition coefficient (Wildman–Crippen LogP) is 3.93. The molecule has 2 nitrogen and oxygen atoms in total. The minimum Gasteiger partial charge on any atom is -0.394 e. The van der Waals surface area contributed by atoms with Crippen LogP contribution in [-0.4, -0.2) is 11.7 Å². The Kier molecular flexibility index (Phi) is 5.40. The molecule has 1 atom stereocenters. The first-order valence-corrected chi connectivity index (χ1v) is 7.21. The zero-order chi connectivity index (χ0) is 13.7. The summed E-state index contributed by atoms with van der Waals surface area (Å²) in [7, 11) is 0. The summed E-state index contributed by atoms with van der Waals surface area (Å²) in [5, 5.41) is 13.5. The van der Waals surface area contributed by atoms with Crippen LogP contribution in [0.1, 0.15) is 17.2 Å². The molecule has 0 saturated heterocycles. The van der Waals surface area contributed by atoms with Crippen molar-refractivity contribution in [2.45, 2.75) is 12.6 Å². The summed E-state index contributed by atoms with van der Waals surface area (Å²) >= 11 is 9.55. The molecule has 2 aromatic rings. The van der Waals surface area contributed by atoms with Crippen molar-refractivity contribution in [3.63, 3.8) is 0 Å². The highest BCUT2D eigenvalue weighted by atomic mass is 79.9. The van der Waals surface area contributed by atoms with Crippen LogP contribution in [0.5, 0.6) is 0 Å². The van der Waals surface area contributed by atoms with Gasteiger partial charge in [-0.1, -0.05) is 63.9 Å². The van der Waals surface area contributed by atoms with Crippen LogP contribution >= 0.6 is 27.5 Å². The zero-order valence-electron chi connectivity index (χ0n) is 10.3. The SMILES string of the molecule is OC[C@H](NCc1ccc(Br)cc1Cl)c1ccccc1. The molecular formula is C15H15BrClNO. The van der Waals surface area contributed by atoms with E-state index < -0.39 is 0 Å².